The van der Waals surface area contributed by atoms with E-state index in [9.17, 15) is 4.79 Å². The van der Waals surface area contributed by atoms with Crippen LogP contribution in [0.15, 0.2) is 72.8 Å². The number of nitriles is 1. The predicted molar refractivity (Wildman–Crippen MR) is 119 cm³/mol. The summed E-state index contributed by atoms with van der Waals surface area (Å²) in [6, 6.07) is 24.9. The van der Waals surface area contributed by atoms with Crippen LogP contribution in [0.3, 0.4) is 0 Å². The SMILES string of the molecule is COc1ccc(C2c3[nH]c4ccccc4c3CCN2C(=O)c2ccc(C#N)cc2)cc1. The minimum atomic E-state index is -0.231. The lowest BCUT2D eigenvalue weighted by atomic mass is 9.91. The fourth-order valence-corrected chi connectivity index (χ4v) is 4.45. The standard InChI is InChI=1S/C26H21N3O2/c1-31-20-12-10-18(11-13-20)25-24-22(21-4-2-3-5-23(21)28-24)14-15-29(25)26(30)19-8-6-17(16-27)7-9-19/h2-13,25,28H,14-15H2,1H3. The molecule has 152 valence electrons. The second-order valence-corrected chi connectivity index (χ2v) is 7.68. The zero-order valence-corrected chi connectivity index (χ0v) is 17.1. The molecule has 0 radical (unpaired) electrons. The number of ether oxygens (including phenoxy) is 1. The van der Waals surface area contributed by atoms with Crippen molar-refractivity contribution in [3.8, 4) is 11.8 Å². The number of aromatic amines is 1. The van der Waals surface area contributed by atoms with Crippen LogP contribution in [0.25, 0.3) is 10.9 Å². The number of H-pyrrole nitrogens is 1. The van der Waals surface area contributed by atoms with E-state index in [0.717, 1.165) is 28.9 Å². The molecule has 0 fully saturated rings. The minimum Gasteiger partial charge on any atom is -0.497 e. The number of para-hydroxylation sites is 1. The first-order valence-corrected chi connectivity index (χ1v) is 10.2. The number of carbonyl (C=O) groups is 1. The smallest absolute Gasteiger partial charge is 0.254 e. The maximum atomic E-state index is 13.5. The van der Waals surface area contributed by atoms with E-state index in [1.165, 1.54) is 10.9 Å². The molecular weight excluding hydrogens is 386 g/mol. The molecule has 0 bridgehead atoms. The lowest BCUT2D eigenvalue weighted by molar-refractivity contribution is 0.0692. The molecule has 1 aliphatic rings. The molecule has 5 rings (SSSR count). The lowest BCUT2D eigenvalue weighted by Gasteiger charge is -2.36. The Morgan fingerprint density at radius 2 is 1.81 bits per heavy atom. The van der Waals surface area contributed by atoms with E-state index in [1.54, 1.807) is 31.4 Å². The Labute approximate surface area is 180 Å². The first kappa shape index (κ1) is 19.0. The molecule has 1 atom stereocenters. The summed E-state index contributed by atoms with van der Waals surface area (Å²) in [4.78, 5) is 19.0. The summed E-state index contributed by atoms with van der Waals surface area (Å²) in [6.07, 6.45) is 0.786. The molecule has 0 aliphatic carbocycles. The number of rotatable bonds is 3. The molecule has 5 nitrogen and oxygen atoms in total. The molecule has 1 aliphatic heterocycles. The maximum absolute atomic E-state index is 13.5. The number of aromatic nitrogens is 1. The topological polar surface area (TPSA) is 69.1 Å². The number of nitrogens with one attached hydrogen (secondary N) is 1. The Kier molecular flexibility index (Phi) is 4.68. The van der Waals surface area contributed by atoms with E-state index in [-0.39, 0.29) is 11.9 Å². The van der Waals surface area contributed by atoms with Crippen molar-refractivity contribution in [3.63, 3.8) is 0 Å². The molecule has 2 heterocycles. The van der Waals surface area contributed by atoms with Gasteiger partial charge in [0, 0.05) is 28.7 Å². The fraction of sp³-hybridized carbons (Fsp3) is 0.154. The Bertz CT molecular complexity index is 1300. The Balaban J connectivity index is 1.62. The van der Waals surface area contributed by atoms with Gasteiger partial charge in [0.25, 0.3) is 5.91 Å². The van der Waals surface area contributed by atoms with Crippen molar-refractivity contribution in [2.75, 3.05) is 13.7 Å². The molecule has 31 heavy (non-hydrogen) atoms. The Morgan fingerprint density at radius 1 is 1.06 bits per heavy atom. The number of hydrogen-bond acceptors (Lipinski definition) is 3. The molecule has 0 saturated heterocycles. The monoisotopic (exact) mass is 407 g/mol. The van der Waals surface area contributed by atoms with Crippen LogP contribution < -0.4 is 4.74 Å². The number of hydrogen-bond donors (Lipinski definition) is 1. The summed E-state index contributed by atoms with van der Waals surface area (Å²) >= 11 is 0. The van der Waals surface area contributed by atoms with Crippen molar-refractivity contribution in [2.45, 2.75) is 12.5 Å². The molecule has 1 amide bonds. The summed E-state index contributed by atoms with van der Waals surface area (Å²) in [7, 11) is 1.64. The predicted octanol–water partition coefficient (Wildman–Crippen LogP) is 4.84. The highest BCUT2D eigenvalue weighted by atomic mass is 16.5. The zero-order valence-electron chi connectivity index (χ0n) is 17.1. The van der Waals surface area contributed by atoms with Gasteiger partial charge in [-0.1, -0.05) is 30.3 Å². The van der Waals surface area contributed by atoms with E-state index < -0.39 is 0 Å². The number of benzene rings is 3. The number of nitrogens with zero attached hydrogens (tertiary/aromatic N) is 2. The van der Waals surface area contributed by atoms with Gasteiger partial charge in [-0.2, -0.15) is 5.26 Å². The first-order valence-electron chi connectivity index (χ1n) is 10.2. The third kappa shape index (κ3) is 3.23. The average Bonchev–Trinajstić information content (AvgIpc) is 3.22. The molecule has 1 N–H and O–H groups in total. The molecule has 1 aromatic heterocycles. The summed E-state index contributed by atoms with van der Waals surface area (Å²) in [5, 5.41) is 10.3. The van der Waals surface area contributed by atoms with Crippen LogP contribution in [0.1, 0.15) is 38.8 Å². The van der Waals surface area contributed by atoms with Crippen LogP contribution >= 0.6 is 0 Å². The normalized spacial score (nSPS) is 15.4. The number of fused-ring (bicyclic) bond motifs is 3. The molecule has 0 saturated carbocycles. The van der Waals surface area contributed by atoms with E-state index >= 15 is 0 Å². The van der Waals surface area contributed by atoms with Gasteiger partial charge < -0.3 is 14.6 Å². The van der Waals surface area contributed by atoms with E-state index in [4.69, 9.17) is 10.00 Å². The highest BCUT2D eigenvalue weighted by molar-refractivity contribution is 5.95. The van der Waals surface area contributed by atoms with Crippen molar-refractivity contribution in [1.82, 2.24) is 9.88 Å². The van der Waals surface area contributed by atoms with Crippen LogP contribution in [0.4, 0.5) is 0 Å². The van der Waals surface area contributed by atoms with Gasteiger partial charge in [-0.25, -0.2) is 0 Å². The van der Waals surface area contributed by atoms with E-state index in [2.05, 4.69) is 23.2 Å². The largest absolute Gasteiger partial charge is 0.497 e. The van der Waals surface area contributed by atoms with Crippen LogP contribution in [-0.2, 0) is 6.42 Å². The highest BCUT2D eigenvalue weighted by Gasteiger charge is 2.34. The zero-order chi connectivity index (χ0) is 21.4. The summed E-state index contributed by atoms with van der Waals surface area (Å²) in [6.45, 7) is 0.615. The van der Waals surface area contributed by atoms with Crippen molar-refractivity contribution in [1.29, 1.82) is 5.26 Å². The number of methoxy groups -OCH3 is 1. The van der Waals surface area contributed by atoms with Gasteiger partial charge in [-0.05, 0) is 60.0 Å². The van der Waals surface area contributed by atoms with Crippen molar-refractivity contribution >= 4 is 16.8 Å². The summed E-state index contributed by atoms with van der Waals surface area (Å²) in [5.74, 6) is 0.732. The van der Waals surface area contributed by atoms with Crippen LogP contribution in [0.2, 0.25) is 0 Å². The highest BCUT2D eigenvalue weighted by Crippen LogP contribution is 2.39. The first-order chi connectivity index (χ1) is 15.2. The summed E-state index contributed by atoms with van der Waals surface area (Å²) < 4.78 is 5.32. The van der Waals surface area contributed by atoms with Crippen molar-refractivity contribution in [3.05, 3.63) is 101 Å². The minimum absolute atomic E-state index is 0.0467. The Morgan fingerprint density at radius 3 is 2.52 bits per heavy atom. The number of carbonyl (C=O) groups excluding carboxylic acids is 1. The third-order valence-corrected chi connectivity index (χ3v) is 5.99. The van der Waals surface area contributed by atoms with Gasteiger partial charge in [0.15, 0.2) is 0 Å². The third-order valence-electron chi connectivity index (χ3n) is 5.99. The van der Waals surface area contributed by atoms with Crippen molar-refractivity contribution in [2.24, 2.45) is 0 Å². The molecule has 1 unspecified atom stereocenters. The molecule has 4 aromatic rings. The maximum Gasteiger partial charge on any atom is 0.254 e. The average molecular weight is 407 g/mol. The van der Waals surface area contributed by atoms with Gasteiger partial charge >= 0.3 is 0 Å². The van der Waals surface area contributed by atoms with E-state index in [0.29, 0.717) is 17.7 Å². The molecular formula is C26H21N3O2. The number of amides is 1. The van der Waals surface area contributed by atoms with E-state index in [1.807, 2.05) is 41.3 Å². The summed E-state index contributed by atoms with van der Waals surface area (Å²) in [5.41, 5.74) is 5.55. The Hall–Kier alpha value is -4.04. The van der Waals surface area contributed by atoms with Crippen LogP contribution in [0, 0.1) is 11.3 Å². The second-order valence-electron chi connectivity index (χ2n) is 7.68. The van der Waals surface area contributed by atoms with Gasteiger partial charge in [-0.3, -0.25) is 4.79 Å². The molecule has 0 spiro atoms. The quantitative estimate of drug-likeness (QED) is 0.529. The fourth-order valence-electron chi connectivity index (χ4n) is 4.45. The van der Waals surface area contributed by atoms with Crippen LogP contribution in [-0.4, -0.2) is 29.4 Å². The van der Waals surface area contributed by atoms with Gasteiger partial charge in [0.2, 0.25) is 0 Å². The van der Waals surface area contributed by atoms with Crippen molar-refractivity contribution < 1.29 is 9.53 Å². The van der Waals surface area contributed by atoms with Gasteiger partial charge in [-0.15, -0.1) is 0 Å². The molecule has 5 heteroatoms. The van der Waals surface area contributed by atoms with Gasteiger partial charge in [0.1, 0.15) is 5.75 Å². The van der Waals surface area contributed by atoms with Gasteiger partial charge in [0.05, 0.1) is 24.8 Å². The molecule has 3 aromatic carbocycles. The second kappa shape index (κ2) is 7.66. The van der Waals surface area contributed by atoms with Crippen LogP contribution in [0.5, 0.6) is 5.75 Å². The lowest BCUT2D eigenvalue weighted by Crippen LogP contribution is -2.40.